The van der Waals surface area contributed by atoms with E-state index in [1.807, 2.05) is 0 Å². The first-order valence-electron chi connectivity index (χ1n) is 10.8. The Morgan fingerprint density at radius 3 is 2.31 bits per heavy atom. The van der Waals surface area contributed by atoms with E-state index in [0.717, 1.165) is 6.08 Å². The summed E-state index contributed by atoms with van der Waals surface area (Å²) in [6.07, 6.45) is 1.46. The minimum atomic E-state index is -1.54. The van der Waals surface area contributed by atoms with Gasteiger partial charge in [-0.3, -0.25) is 0 Å². The molecule has 3 aromatic rings. The highest BCUT2D eigenvalue weighted by molar-refractivity contribution is 5.89. The second-order valence-electron chi connectivity index (χ2n) is 8.16. The van der Waals surface area contributed by atoms with Gasteiger partial charge < -0.3 is 40.1 Å². The molecule has 0 spiro atoms. The fraction of sp³-hybridized carbons (Fsp3) is 0.154. The van der Waals surface area contributed by atoms with Crippen molar-refractivity contribution in [2.24, 2.45) is 0 Å². The van der Waals surface area contributed by atoms with Gasteiger partial charge in [-0.05, 0) is 59.9 Å². The van der Waals surface area contributed by atoms with E-state index in [2.05, 4.69) is 0 Å². The Kier molecular flexibility index (Phi) is 6.60. The topological polar surface area (TPSA) is 174 Å². The molecule has 1 heterocycles. The summed E-state index contributed by atoms with van der Waals surface area (Å²) in [4.78, 5) is 24.0. The zero-order valence-corrected chi connectivity index (χ0v) is 18.7. The zero-order chi connectivity index (χ0) is 26.0. The van der Waals surface area contributed by atoms with Gasteiger partial charge in [0.1, 0.15) is 5.75 Å². The minimum absolute atomic E-state index is 0.130. The Hall–Kier alpha value is -4.86. The lowest BCUT2D eigenvalue weighted by molar-refractivity contribution is -0.160. The highest BCUT2D eigenvalue weighted by Crippen LogP contribution is 2.44. The first kappa shape index (κ1) is 24.3. The lowest BCUT2D eigenvalue weighted by atomic mass is 9.98. The van der Waals surface area contributed by atoms with Gasteiger partial charge in [0.15, 0.2) is 34.5 Å². The van der Waals surface area contributed by atoms with Gasteiger partial charge in [0, 0.05) is 24.1 Å². The Bertz CT molecular complexity index is 1380. The van der Waals surface area contributed by atoms with E-state index in [1.165, 1.54) is 42.5 Å². The summed E-state index contributed by atoms with van der Waals surface area (Å²) in [5.74, 6) is -3.54. The number of hydrogen-bond donors (Lipinski definition) is 6. The maximum absolute atomic E-state index is 12.4. The summed E-state index contributed by atoms with van der Waals surface area (Å²) in [5.41, 5.74) is 2.02. The number of carboxylic acids is 1. The molecule has 0 fully saturated rings. The molecular formula is C26H22O10. The van der Waals surface area contributed by atoms with Crippen molar-refractivity contribution < 1.29 is 49.7 Å². The largest absolute Gasteiger partial charge is 0.504 e. The third-order valence-corrected chi connectivity index (χ3v) is 5.68. The third-order valence-electron chi connectivity index (χ3n) is 5.68. The molecule has 10 heteroatoms. The van der Waals surface area contributed by atoms with Crippen LogP contribution in [0.1, 0.15) is 22.3 Å². The van der Waals surface area contributed by atoms with Crippen LogP contribution < -0.4 is 4.74 Å². The van der Waals surface area contributed by atoms with Crippen LogP contribution in [0.2, 0.25) is 0 Å². The third kappa shape index (κ3) is 5.12. The molecule has 0 aromatic heterocycles. The number of aliphatic carboxylic acids is 1. The molecule has 10 nitrogen and oxygen atoms in total. The number of esters is 1. The van der Waals surface area contributed by atoms with Gasteiger partial charge in [-0.1, -0.05) is 12.1 Å². The molecule has 36 heavy (non-hydrogen) atoms. The summed E-state index contributed by atoms with van der Waals surface area (Å²) >= 11 is 0. The molecule has 0 saturated carbocycles. The highest BCUT2D eigenvalue weighted by atomic mass is 16.6. The average molecular weight is 494 g/mol. The maximum Gasteiger partial charge on any atom is 0.345 e. The number of phenolic OH excluding ortho intramolecular Hbond substituents is 5. The molecule has 0 aliphatic carbocycles. The quantitative estimate of drug-likeness (QED) is 0.169. The van der Waals surface area contributed by atoms with E-state index < -0.39 is 23.8 Å². The van der Waals surface area contributed by atoms with Crippen molar-refractivity contribution in [1.82, 2.24) is 0 Å². The van der Waals surface area contributed by atoms with E-state index >= 15 is 0 Å². The number of fused-ring (bicyclic) bond motifs is 2. The highest BCUT2D eigenvalue weighted by Gasteiger charge is 2.24. The zero-order valence-electron chi connectivity index (χ0n) is 18.7. The molecule has 0 radical (unpaired) electrons. The predicted molar refractivity (Wildman–Crippen MR) is 125 cm³/mol. The van der Waals surface area contributed by atoms with Crippen molar-refractivity contribution in [3.8, 4) is 40.2 Å². The van der Waals surface area contributed by atoms with Gasteiger partial charge >= 0.3 is 11.9 Å². The number of aromatic hydroxyl groups is 5. The molecule has 1 atom stereocenters. The molecule has 0 amide bonds. The molecule has 0 bridgehead atoms. The first-order chi connectivity index (χ1) is 17.1. The number of carboxylic acid groups (broad SMARTS) is 1. The van der Waals surface area contributed by atoms with Crippen LogP contribution in [0, 0.1) is 0 Å². The number of ether oxygens (including phenoxy) is 2. The molecule has 0 saturated heterocycles. The Labute approximate surface area is 204 Å². The number of rotatable bonds is 6. The summed E-state index contributed by atoms with van der Waals surface area (Å²) in [6, 6.07) is 9.33. The average Bonchev–Trinajstić information content (AvgIpc) is 3.01. The van der Waals surface area contributed by atoms with Gasteiger partial charge in [-0.25, -0.2) is 9.59 Å². The molecule has 1 aliphatic heterocycles. The lowest BCUT2D eigenvalue weighted by Crippen LogP contribution is -2.28. The van der Waals surface area contributed by atoms with Crippen molar-refractivity contribution in [3.05, 3.63) is 70.8 Å². The number of hydrogen-bond acceptors (Lipinski definition) is 9. The predicted octanol–water partition coefficient (Wildman–Crippen LogP) is 3.36. The van der Waals surface area contributed by atoms with Crippen LogP contribution in [0.15, 0.2) is 48.5 Å². The van der Waals surface area contributed by atoms with Crippen LogP contribution in [-0.2, 0) is 33.6 Å². The van der Waals surface area contributed by atoms with Crippen molar-refractivity contribution in [1.29, 1.82) is 0 Å². The number of aryl methyl sites for hydroxylation is 1. The van der Waals surface area contributed by atoms with Crippen molar-refractivity contribution >= 4 is 18.0 Å². The standard InChI is InChI=1S/C26H22O10/c27-17-6-1-13(9-19(17)29)10-23(26(33)34)35-24(32)8-4-14-3-7-18(28)25-16(14)5-2-15-11-20(30)21(31)12-22(15)36-25/h1,3-4,6-9,11-12,23,27-31H,2,5,10H2,(H,33,34)/b8-4+/t23-/m0/s1. The second kappa shape index (κ2) is 9.79. The van der Waals surface area contributed by atoms with Gasteiger partial charge in [0.2, 0.25) is 6.10 Å². The fourth-order valence-corrected chi connectivity index (χ4v) is 3.85. The molecule has 186 valence electrons. The fourth-order valence-electron chi connectivity index (χ4n) is 3.85. The number of benzene rings is 3. The molecule has 1 aliphatic rings. The van der Waals surface area contributed by atoms with E-state index in [-0.39, 0.29) is 40.9 Å². The molecule has 0 unspecified atom stereocenters. The van der Waals surface area contributed by atoms with Gasteiger partial charge in [-0.15, -0.1) is 0 Å². The Balaban J connectivity index is 1.53. The van der Waals surface area contributed by atoms with Crippen molar-refractivity contribution in [2.45, 2.75) is 25.4 Å². The van der Waals surface area contributed by atoms with Crippen LogP contribution in [0.3, 0.4) is 0 Å². The number of carbonyl (C=O) groups excluding carboxylic acids is 1. The molecule has 6 N–H and O–H groups in total. The van der Waals surface area contributed by atoms with Gasteiger partial charge in [0.05, 0.1) is 0 Å². The van der Waals surface area contributed by atoms with E-state index in [1.54, 1.807) is 6.07 Å². The monoisotopic (exact) mass is 494 g/mol. The normalized spacial score (nSPS) is 13.2. The second-order valence-corrected chi connectivity index (χ2v) is 8.16. The first-order valence-corrected chi connectivity index (χ1v) is 10.8. The summed E-state index contributed by atoms with van der Waals surface area (Å²) in [7, 11) is 0. The number of phenols is 5. The Morgan fingerprint density at radius 2 is 1.58 bits per heavy atom. The van der Waals surface area contributed by atoms with Crippen molar-refractivity contribution in [3.63, 3.8) is 0 Å². The molecular weight excluding hydrogens is 472 g/mol. The minimum Gasteiger partial charge on any atom is -0.504 e. The summed E-state index contributed by atoms with van der Waals surface area (Å²) < 4.78 is 10.9. The van der Waals surface area contributed by atoms with E-state index in [0.29, 0.717) is 35.1 Å². The molecule has 3 aromatic carbocycles. The van der Waals surface area contributed by atoms with Crippen LogP contribution in [0.25, 0.3) is 6.08 Å². The van der Waals surface area contributed by atoms with Crippen LogP contribution in [0.4, 0.5) is 0 Å². The smallest absolute Gasteiger partial charge is 0.345 e. The Morgan fingerprint density at radius 1 is 0.889 bits per heavy atom. The summed E-state index contributed by atoms with van der Waals surface area (Å²) in [5, 5.41) is 58.4. The van der Waals surface area contributed by atoms with E-state index in [4.69, 9.17) is 9.47 Å². The van der Waals surface area contributed by atoms with Gasteiger partial charge in [0.25, 0.3) is 0 Å². The lowest BCUT2D eigenvalue weighted by Gasteiger charge is -2.14. The maximum atomic E-state index is 12.4. The SMILES string of the molecule is O=C(/C=C/c1ccc(O)c2c1CCc1cc(O)c(O)cc1O2)O[C@@H](Cc1ccc(O)c(O)c1)C(=O)O. The number of carbonyl (C=O) groups is 2. The van der Waals surface area contributed by atoms with Crippen LogP contribution in [0.5, 0.6) is 40.2 Å². The molecule has 4 rings (SSSR count). The van der Waals surface area contributed by atoms with E-state index in [9.17, 15) is 40.2 Å². The van der Waals surface area contributed by atoms with Crippen molar-refractivity contribution in [2.75, 3.05) is 0 Å². The van der Waals surface area contributed by atoms with Gasteiger partial charge in [-0.2, -0.15) is 0 Å². The van der Waals surface area contributed by atoms with Crippen LogP contribution >= 0.6 is 0 Å². The van der Waals surface area contributed by atoms with Crippen LogP contribution in [-0.4, -0.2) is 48.7 Å². The summed E-state index contributed by atoms with van der Waals surface area (Å²) in [6.45, 7) is 0.